The van der Waals surface area contributed by atoms with Gasteiger partial charge in [0.2, 0.25) is 0 Å². The zero-order valence-electron chi connectivity index (χ0n) is 5.35. The molecule has 0 amide bonds. The van der Waals surface area contributed by atoms with Crippen molar-refractivity contribution in [1.29, 1.82) is 0 Å². The molecule has 1 atom stereocenters. The quantitative estimate of drug-likeness (QED) is 0.617. The molecular weight excluding hydrogens is 180 g/mol. The summed E-state index contributed by atoms with van der Waals surface area (Å²) < 4.78 is 5.26. The van der Waals surface area contributed by atoms with Gasteiger partial charge in [-0.3, -0.25) is 0 Å². The van der Waals surface area contributed by atoms with E-state index in [0.29, 0.717) is 5.92 Å². The largest absolute Gasteiger partial charge is 0.381 e. The molecule has 1 aliphatic rings. The van der Waals surface area contributed by atoms with Gasteiger partial charge in [0.1, 0.15) is 0 Å². The van der Waals surface area contributed by atoms with Gasteiger partial charge in [-0.05, 0) is 17.8 Å². The summed E-state index contributed by atoms with van der Waals surface area (Å²) in [4.78, 5) is 1.92. The first-order valence-electron chi connectivity index (χ1n) is 3.28. The van der Waals surface area contributed by atoms with Gasteiger partial charge >= 0.3 is 0 Å². The maximum absolute atomic E-state index is 5.26. The summed E-state index contributed by atoms with van der Waals surface area (Å²) in [5, 5.41) is 0. The highest BCUT2D eigenvalue weighted by Crippen LogP contribution is 2.14. The molecule has 0 aliphatic carbocycles. The standard InChI is InChI=1S/C7H11BrO/c8-4-3-7-2-1-5-9-6-7/h3-4,7H,1-2,5-6H2/b4-3+. The maximum Gasteiger partial charge on any atom is 0.0529 e. The molecule has 0 N–H and O–H groups in total. The number of rotatable bonds is 1. The maximum atomic E-state index is 5.26. The Labute approximate surface area is 64.2 Å². The van der Waals surface area contributed by atoms with Gasteiger partial charge in [0.05, 0.1) is 6.61 Å². The summed E-state index contributed by atoms with van der Waals surface area (Å²) in [5.41, 5.74) is 0. The van der Waals surface area contributed by atoms with Crippen molar-refractivity contribution >= 4 is 15.9 Å². The van der Waals surface area contributed by atoms with Gasteiger partial charge in [-0.25, -0.2) is 0 Å². The average Bonchev–Trinajstić information content (AvgIpc) is 1.91. The second kappa shape index (κ2) is 4.07. The number of hydrogen-bond acceptors (Lipinski definition) is 1. The monoisotopic (exact) mass is 190 g/mol. The van der Waals surface area contributed by atoms with Crippen LogP contribution < -0.4 is 0 Å². The van der Waals surface area contributed by atoms with Gasteiger partial charge in [0, 0.05) is 12.5 Å². The van der Waals surface area contributed by atoms with Crippen molar-refractivity contribution in [2.75, 3.05) is 13.2 Å². The Morgan fingerprint density at radius 1 is 1.56 bits per heavy atom. The fourth-order valence-corrected chi connectivity index (χ4v) is 1.45. The minimum atomic E-state index is 0.651. The summed E-state index contributed by atoms with van der Waals surface area (Å²) in [6.45, 7) is 1.86. The lowest BCUT2D eigenvalue weighted by atomic mass is 10.0. The Kier molecular flexibility index (Phi) is 3.30. The van der Waals surface area contributed by atoms with Crippen LogP contribution in [0.5, 0.6) is 0 Å². The SMILES string of the molecule is Br/C=C/C1CCCOC1. The normalized spacial score (nSPS) is 29.2. The highest BCUT2D eigenvalue weighted by molar-refractivity contribution is 9.11. The van der Waals surface area contributed by atoms with Crippen molar-refractivity contribution in [2.24, 2.45) is 5.92 Å². The molecule has 1 unspecified atom stereocenters. The topological polar surface area (TPSA) is 9.23 Å². The molecule has 0 aromatic rings. The Bertz CT molecular complexity index is 95.1. The van der Waals surface area contributed by atoms with Crippen molar-refractivity contribution in [1.82, 2.24) is 0 Å². The molecule has 0 aromatic carbocycles. The van der Waals surface area contributed by atoms with Crippen LogP contribution >= 0.6 is 15.9 Å². The van der Waals surface area contributed by atoms with Gasteiger partial charge in [-0.2, -0.15) is 0 Å². The zero-order chi connectivity index (χ0) is 6.53. The third-order valence-electron chi connectivity index (χ3n) is 1.54. The zero-order valence-corrected chi connectivity index (χ0v) is 6.93. The smallest absolute Gasteiger partial charge is 0.0529 e. The Morgan fingerprint density at radius 2 is 2.44 bits per heavy atom. The van der Waals surface area contributed by atoms with Crippen molar-refractivity contribution in [3.05, 3.63) is 11.1 Å². The lowest BCUT2D eigenvalue weighted by molar-refractivity contribution is 0.0711. The molecule has 9 heavy (non-hydrogen) atoms. The third-order valence-corrected chi connectivity index (χ3v) is 1.85. The summed E-state index contributed by atoms with van der Waals surface area (Å²) >= 11 is 3.25. The van der Waals surface area contributed by atoms with Gasteiger partial charge in [0.15, 0.2) is 0 Å². The fourth-order valence-electron chi connectivity index (χ4n) is 1.02. The molecular formula is C7H11BrO. The molecule has 0 radical (unpaired) electrons. The molecule has 0 bridgehead atoms. The Hall–Kier alpha value is 0.180. The molecule has 1 fully saturated rings. The number of hydrogen-bond donors (Lipinski definition) is 0. The van der Waals surface area contributed by atoms with Gasteiger partial charge in [-0.15, -0.1) is 0 Å². The average molecular weight is 191 g/mol. The van der Waals surface area contributed by atoms with Crippen LogP contribution in [0.3, 0.4) is 0 Å². The predicted molar refractivity (Wildman–Crippen MR) is 41.6 cm³/mol. The van der Waals surface area contributed by atoms with Gasteiger partial charge in [0.25, 0.3) is 0 Å². The van der Waals surface area contributed by atoms with E-state index >= 15 is 0 Å². The lowest BCUT2D eigenvalue weighted by Gasteiger charge is -2.17. The van der Waals surface area contributed by atoms with E-state index in [9.17, 15) is 0 Å². The number of ether oxygens (including phenoxy) is 1. The van der Waals surface area contributed by atoms with E-state index in [-0.39, 0.29) is 0 Å². The first-order valence-corrected chi connectivity index (χ1v) is 4.19. The minimum Gasteiger partial charge on any atom is -0.381 e. The van der Waals surface area contributed by atoms with Crippen LogP contribution in [0.2, 0.25) is 0 Å². The second-order valence-electron chi connectivity index (χ2n) is 2.30. The van der Waals surface area contributed by atoms with Crippen LogP contribution in [0.1, 0.15) is 12.8 Å². The van der Waals surface area contributed by atoms with E-state index in [1.54, 1.807) is 0 Å². The molecule has 1 nitrogen and oxygen atoms in total. The summed E-state index contributed by atoms with van der Waals surface area (Å²) in [7, 11) is 0. The van der Waals surface area contributed by atoms with Crippen LogP contribution in [0.25, 0.3) is 0 Å². The molecule has 1 saturated heterocycles. The van der Waals surface area contributed by atoms with E-state index in [4.69, 9.17) is 4.74 Å². The van der Waals surface area contributed by atoms with Gasteiger partial charge < -0.3 is 4.74 Å². The first-order chi connectivity index (χ1) is 4.43. The fraction of sp³-hybridized carbons (Fsp3) is 0.714. The molecule has 0 saturated carbocycles. The first kappa shape index (κ1) is 7.29. The van der Waals surface area contributed by atoms with Crippen molar-refractivity contribution in [3.63, 3.8) is 0 Å². The van der Waals surface area contributed by atoms with Crippen LogP contribution in [0.15, 0.2) is 11.1 Å². The second-order valence-corrected chi connectivity index (χ2v) is 2.82. The summed E-state index contributed by atoms with van der Waals surface area (Å²) in [6.07, 6.45) is 4.64. The highest BCUT2D eigenvalue weighted by atomic mass is 79.9. The Balaban J connectivity index is 2.23. The molecule has 0 spiro atoms. The van der Waals surface area contributed by atoms with Crippen LogP contribution in [0.4, 0.5) is 0 Å². The van der Waals surface area contributed by atoms with Crippen LogP contribution in [-0.4, -0.2) is 13.2 Å². The van der Waals surface area contributed by atoms with E-state index in [1.807, 2.05) is 4.99 Å². The van der Waals surface area contributed by atoms with E-state index in [0.717, 1.165) is 13.2 Å². The summed E-state index contributed by atoms with van der Waals surface area (Å²) in [6, 6.07) is 0. The highest BCUT2D eigenvalue weighted by Gasteiger charge is 2.09. The van der Waals surface area contributed by atoms with Crippen LogP contribution in [0, 0.1) is 5.92 Å². The minimum absolute atomic E-state index is 0.651. The lowest BCUT2D eigenvalue weighted by Crippen LogP contribution is -2.14. The van der Waals surface area contributed by atoms with Crippen LogP contribution in [-0.2, 0) is 4.74 Å². The van der Waals surface area contributed by atoms with E-state index in [1.165, 1.54) is 12.8 Å². The molecule has 1 rings (SSSR count). The van der Waals surface area contributed by atoms with Gasteiger partial charge in [-0.1, -0.05) is 22.0 Å². The molecule has 2 heteroatoms. The van der Waals surface area contributed by atoms with E-state index in [2.05, 4.69) is 22.0 Å². The predicted octanol–water partition coefficient (Wildman–Crippen LogP) is 2.32. The molecule has 0 aromatic heterocycles. The number of halogens is 1. The molecule has 52 valence electrons. The third kappa shape index (κ3) is 2.50. The Morgan fingerprint density at radius 3 is 3.00 bits per heavy atom. The van der Waals surface area contributed by atoms with Crippen molar-refractivity contribution < 1.29 is 4.74 Å². The van der Waals surface area contributed by atoms with E-state index < -0.39 is 0 Å². The van der Waals surface area contributed by atoms with Crippen molar-refractivity contribution in [3.8, 4) is 0 Å². The summed E-state index contributed by atoms with van der Waals surface area (Å²) in [5.74, 6) is 0.651. The van der Waals surface area contributed by atoms with Crippen molar-refractivity contribution in [2.45, 2.75) is 12.8 Å². The molecule has 1 heterocycles. The molecule has 1 aliphatic heterocycles.